The zero-order valence-corrected chi connectivity index (χ0v) is 7.22. The molecule has 3 nitrogen and oxygen atoms in total. The predicted molar refractivity (Wildman–Crippen MR) is 44.4 cm³/mol. The van der Waals surface area contributed by atoms with Crippen LogP contribution in [0, 0.1) is 5.82 Å². The lowest BCUT2D eigenvalue weighted by molar-refractivity contribution is 0.0685. The largest absolute Gasteiger partial charge is 0.476 e. The lowest BCUT2D eigenvalue weighted by Gasteiger charge is -1.99. The Morgan fingerprint density at radius 3 is 2.92 bits per heavy atom. The van der Waals surface area contributed by atoms with Crippen LogP contribution in [-0.2, 0) is 6.42 Å². The van der Waals surface area contributed by atoms with E-state index in [1.807, 2.05) is 6.92 Å². The molecule has 1 aliphatic carbocycles. The summed E-state index contributed by atoms with van der Waals surface area (Å²) < 4.78 is 13.4. The highest BCUT2D eigenvalue weighted by atomic mass is 19.1. The Labute approximate surface area is 74.6 Å². The predicted octanol–water partition coefficient (Wildman–Crippen LogP) is 1.90. The van der Waals surface area contributed by atoms with E-state index in [1.54, 1.807) is 0 Å². The molecule has 0 radical (unpaired) electrons. The highest BCUT2D eigenvalue weighted by Crippen LogP contribution is 2.35. The average Bonchev–Trinajstić information content (AvgIpc) is 2.55. The maximum Gasteiger partial charge on any atom is 0.355 e. The standard InChI is InChI=1S/C9H10FNO2/c1-4-2-3-5-6(4)7(10)8(11-5)9(12)13/h4,11H,2-3H2,1H3,(H,12,13). The molecular weight excluding hydrogens is 173 g/mol. The van der Waals surface area contributed by atoms with E-state index >= 15 is 0 Å². The van der Waals surface area contributed by atoms with Crippen LogP contribution in [0.5, 0.6) is 0 Å². The van der Waals surface area contributed by atoms with Crippen LogP contribution in [0.25, 0.3) is 0 Å². The van der Waals surface area contributed by atoms with E-state index < -0.39 is 11.8 Å². The van der Waals surface area contributed by atoms with Crippen molar-refractivity contribution in [1.82, 2.24) is 4.98 Å². The molecule has 2 rings (SSSR count). The first-order chi connectivity index (χ1) is 6.11. The summed E-state index contributed by atoms with van der Waals surface area (Å²) in [5, 5.41) is 8.64. The fraction of sp³-hybridized carbons (Fsp3) is 0.444. The summed E-state index contributed by atoms with van der Waals surface area (Å²) in [7, 11) is 0. The molecule has 0 aliphatic heterocycles. The van der Waals surface area contributed by atoms with Gasteiger partial charge in [-0.15, -0.1) is 0 Å². The average molecular weight is 183 g/mol. The molecule has 4 heteroatoms. The molecule has 2 N–H and O–H groups in total. The van der Waals surface area contributed by atoms with E-state index in [9.17, 15) is 9.18 Å². The van der Waals surface area contributed by atoms with Crippen molar-refractivity contribution in [1.29, 1.82) is 0 Å². The Morgan fingerprint density at radius 1 is 1.69 bits per heavy atom. The van der Waals surface area contributed by atoms with Gasteiger partial charge in [0.05, 0.1) is 0 Å². The number of fused-ring (bicyclic) bond motifs is 1. The van der Waals surface area contributed by atoms with Gasteiger partial charge in [0.2, 0.25) is 0 Å². The number of aromatic nitrogens is 1. The molecule has 0 saturated carbocycles. The van der Waals surface area contributed by atoms with Crippen LogP contribution in [0.15, 0.2) is 0 Å². The molecule has 1 atom stereocenters. The van der Waals surface area contributed by atoms with Crippen molar-refractivity contribution in [3.63, 3.8) is 0 Å². The number of carboxylic acid groups (broad SMARTS) is 1. The van der Waals surface area contributed by atoms with Gasteiger partial charge in [0.1, 0.15) is 0 Å². The van der Waals surface area contributed by atoms with E-state index in [-0.39, 0.29) is 11.6 Å². The number of hydrogen-bond acceptors (Lipinski definition) is 1. The van der Waals surface area contributed by atoms with Crippen LogP contribution in [0.2, 0.25) is 0 Å². The highest BCUT2D eigenvalue weighted by Gasteiger charge is 2.29. The molecule has 0 aromatic carbocycles. The van der Waals surface area contributed by atoms with Crippen molar-refractivity contribution < 1.29 is 14.3 Å². The van der Waals surface area contributed by atoms with Gasteiger partial charge in [-0.2, -0.15) is 0 Å². The minimum atomic E-state index is -1.22. The number of hydrogen-bond donors (Lipinski definition) is 2. The molecule has 1 aliphatic rings. The van der Waals surface area contributed by atoms with Crippen molar-refractivity contribution in [3.05, 3.63) is 22.8 Å². The molecule has 0 fully saturated rings. The normalized spacial score (nSPS) is 20.3. The number of carboxylic acids is 1. The van der Waals surface area contributed by atoms with Crippen LogP contribution >= 0.6 is 0 Å². The van der Waals surface area contributed by atoms with Crippen molar-refractivity contribution in [2.75, 3.05) is 0 Å². The number of aryl methyl sites for hydroxylation is 1. The van der Waals surface area contributed by atoms with Crippen LogP contribution in [0.4, 0.5) is 4.39 Å². The number of aromatic carboxylic acids is 1. The Kier molecular flexibility index (Phi) is 1.65. The smallest absolute Gasteiger partial charge is 0.355 e. The molecule has 0 saturated heterocycles. The number of H-pyrrole nitrogens is 1. The fourth-order valence-corrected chi connectivity index (χ4v) is 1.90. The maximum atomic E-state index is 13.4. The minimum absolute atomic E-state index is 0.138. The number of carbonyl (C=O) groups is 1. The second-order valence-corrected chi connectivity index (χ2v) is 3.45. The molecule has 1 unspecified atom stereocenters. The summed E-state index contributed by atoms with van der Waals surface area (Å²) in [6.45, 7) is 1.91. The zero-order valence-electron chi connectivity index (χ0n) is 7.22. The monoisotopic (exact) mass is 183 g/mol. The van der Waals surface area contributed by atoms with Crippen LogP contribution in [0.3, 0.4) is 0 Å². The van der Waals surface area contributed by atoms with Crippen molar-refractivity contribution in [2.24, 2.45) is 0 Å². The van der Waals surface area contributed by atoms with E-state index in [1.165, 1.54) is 0 Å². The molecule has 0 amide bonds. The Balaban J connectivity index is 2.56. The summed E-state index contributed by atoms with van der Waals surface area (Å²) in [6.07, 6.45) is 1.65. The maximum absolute atomic E-state index is 13.4. The Hall–Kier alpha value is -1.32. The summed E-state index contributed by atoms with van der Waals surface area (Å²) in [5.74, 6) is -1.66. The molecule has 1 aromatic rings. The lowest BCUT2D eigenvalue weighted by Crippen LogP contribution is -2.01. The van der Waals surface area contributed by atoms with Gasteiger partial charge in [0.15, 0.2) is 11.5 Å². The van der Waals surface area contributed by atoms with Crippen LogP contribution in [0.1, 0.15) is 41.0 Å². The van der Waals surface area contributed by atoms with E-state index in [4.69, 9.17) is 5.11 Å². The van der Waals surface area contributed by atoms with Crippen LogP contribution < -0.4 is 0 Å². The van der Waals surface area contributed by atoms with Gasteiger partial charge in [0.25, 0.3) is 0 Å². The van der Waals surface area contributed by atoms with Gasteiger partial charge >= 0.3 is 5.97 Å². The third-order valence-electron chi connectivity index (χ3n) is 2.59. The zero-order chi connectivity index (χ0) is 9.59. The Morgan fingerprint density at radius 2 is 2.38 bits per heavy atom. The van der Waals surface area contributed by atoms with Crippen LogP contribution in [-0.4, -0.2) is 16.1 Å². The molecular formula is C9H10FNO2. The minimum Gasteiger partial charge on any atom is -0.476 e. The third-order valence-corrected chi connectivity index (χ3v) is 2.59. The molecule has 0 spiro atoms. The molecule has 70 valence electrons. The SMILES string of the molecule is CC1CCc2[nH]c(C(=O)O)c(F)c21. The highest BCUT2D eigenvalue weighted by molar-refractivity contribution is 5.86. The van der Waals surface area contributed by atoms with Gasteiger partial charge in [-0.1, -0.05) is 6.92 Å². The first-order valence-corrected chi connectivity index (χ1v) is 4.24. The molecule has 0 bridgehead atoms. The molecule has 1 heterocycles. The number of halogens is 1. The second-order valence-electron chi connectivity index (χ2n) is 3.45. The van der Waals surface area contributed by atoms with Gasteiger partial charge < -0.3 is 10.1 Å². The summed E-state index contributed by atoms with van der Waals surface area (Å²) in [5.41, 5.74) is 1.02. The van der Waals surface area contributed by atoms with Crippen molar-refractivity contribution in [2.45, 2.75) is 25.7 Å². The van der Waals surface area contributed by atoms with E-state index in [2.05, 4.69) is 4.98 Å². The summed E-state index contributed by atoms with van der Waals surface area (Å²) in [6, 6.07) is 0. The number of rotatable bonds is 1. The van der Waals surface area contributed by atoms with Gasteiger partial charge in [-0.3, -0.25) is 0 Å². The summed E-state index contributed by atoms with van der Waals surface area (Å²) in [4.78, 5) is 13.2. The van der Waals surface area contributed by atoms with E-state index in [0.29, 0.717) is 5.56 Å². The topological polar surface area (TPSA) is 53.1 Å². The quantitative estimate of drug-likeness (QED) is 0.698. The van der Waals surface area contributed by atoms with Gasteiger partial charge in [-0.25, -0.2) is 9.18 Å². The molecule has 1 aromatic heterocycles. The molecule has 13 heavy (non-hydrogen) atoms. The van der Waals surface area contributed by atoms with Gasteiger partial charge in [0, 0.05) is 11.3 Å². The van der Waals surface area contributed by atoms with Crippen molar-refractivity contribution in [3.8, 4) is 0 Å². The second kappa shape index (κ2) is 2.58. The lowest BCUT2D eigenvalue weighted by atomic mass is 10.1. The third kappa shape index (κ3) is 1.05. The van der Waals surface area contributed by atoms with E-state index in [0.717, 1.165) is 18.5 Å². The number of aromatic amines is 1. The van der Waals surface area contributed by atoms with Gasteiger partial charge in [-0.05, 0) is 18.8 Å². The number of nitrogens with one attached hydrogen (secondary N) is 1. The first-order valence-electron chi connectivity index (χ1n) is 4.24. The Bertz CT molecular complexity index is 370. The fourth-order valence-electron chi connectivity index (χ4n) is 1.90. The summed E-state index contributed by atoms with van der Waals surface area (Å²) >= 11 is 0. The van der Waals surface area contributed by atoms with Crippen molar-refractivity contribution >= 4 is 5.97 Å². The first kappa shape index (κ1) is 8.29.